The summed E-state index contributed by atoms with van der Waals surface area (Å²) >= 11 is 1.77. The van der Waals surface area contributed by atoms with E-state index in [0.29, 0.717) is 26.1 Å². The van der Waals surface area contributed by atoms with E-state index in [1.807, 2.05) is 24.3 Å². The standard InChI is InChI=1S/C23H27N3O2S/c27-22(24-14-15-25-23(28)17-7-1-2-8-17)13-16-26-18-9-3-5-11-20(18)29-21-12-6-4-10-19(21)26/h3-6,9-12,17H,1-2,7-8,13-16H2,(H,24,27)(H,25,28). The number of carbonyl (C=O) groups excluding carboxylic acids is 2. The van der Waals surface area contributed by atoms with Gasteiger partial charge in [0.15, 0.2) is 0 Å². The number of anilines is 2. The maximum Gasteiger partial charge on any atom is 0.223 e. The number of carbonyl (C=O) groups is 2. The third kappa shape index (κ3) is 4.75. The van der Waals surface area contributed by atoms with Crippen LogP contribution >= 0.6 is 11.8 Å². The van der Waals surface area contributed by atoms with Crippen molar-refractivity contribution in [2.45, 2.75) is 41.9 Å². The molecule has 2 aromatic carbocycles. The number of benzene rings is 2. The Balaban J connectivity index is 1.28. The molecule has 0 aromatic heterocycles. The highest BCUT2D eigenvalue weighted by molar-refractivity contribution is 7.99. The van der Waals surface area contributed by atoms with Gasteiger partial charge in [0.1, 0.15) is 0 Å². The summed E-state index contributed by atoms with van der Waals surface area (Å²) in [5.41, 5.74) is 2.29. The Hall–Kier alpha value is -2.47. The number of hydrogen-bond donors (Lipinski definition) is 2. The fraction of sp³-hybridized carbons (Fsp3) is 0.391. The molecule has 0 saturated heterocycles. The van der Waals surface area contributed by atoms with Gasteiger partial charge < -0.3 is 15.5 Å². The van der Waals surface area contributed by atoms with Gasteiger partial charge in [0, 0.05) is 41.8 Å². The lowest BCUT2D eigenvalue weighted by atomic mass is 10.1. The number of rotatable bonds is 7. The van der Waals surface area contributed by atoms with Crippen molar-refractivity contribution in [3.05, 3.63) is 48.5 Å². The van der Waals surface area contributed by atoms with Gasteiger partial charge in [-0.3, -0.25) is 9.59 Å². The molecule has 0 spiro atoms. The Labute approximate surface area is 176 Å². The van der Waals surface area contributed by atoms with Gasteiger partial charge in [-0.25, -0.2) is 0 Å². The van der Waals surface area contributed by atoms with E-state index in [1.165, 1.54) is 9.79 Å². The highest BCUT2D eigenvalue weighted by atomic mass is 32.2. The zero-order valence-corrected chi connectivity index (χ0v) is 17.3. The molecule has 2 aliphatic rings. The van der Waals surface area contributed by atoms with Crippen molar-refractivity contribution in [2.24, 2.45) is 5.92 Å². The summed E-state index contributed by atoms with van der Waals surface area (Å²) in [5.74, 6) is 0.312. The van der Waals surface area contributed by atoms with E-state index < -0.39 is 0 Å². The molecule has 6 heteroatoms. The van der Waals surface area contributed by atoms with E-state index in [9.17, 15) is 9.59 Å². The van der Waals surface area contributed by atoms with Crippen LogP contribution in [0.3, 0.4) is 0 Å². The zero-order valence-electron chi connectivity index (χ0n) is 16.5. The van der Waals surface area contributed by atoms with E-state index in [4.69, 9.17) is 0 Å². The predicted octanol–water partition coefficient (Wildman–Crippen LogP) is 4.10. The van der Waals surface area contributed by atoms with E-state index in [2.05, 4.69) is 39.8 Å². The van der Waals surface area contributed by atoms with E-state index in [0.717, 1.165) is 37.1 Å². The molecule has 1 aliphatic heterocycles. The molecule has 1 heterocycles. The van der Waals surface area contributed by atoms with Crippen molar-refractivity contribution in [2.75, 3.05) is 24.5 Å². The Kier molecular flexibility index (Phi) is 6.39. The summed E-state index contributed by atoms with van der Waals surface area (Å²) in [6, 6.07) is 16.6. The first kappa shape index (κ1) is 19.8. The van der Waals surface area contributed by atoms with Crippen LogP contribution < -0.4 is 15.5 Å². The SMILES string of the molecule is O=C(CCN1c2ccccc2Sc2ccccc21)NCCNC(=O)C1CCCC1. The predicted molar refractivity (Wildman–Crippen MR) is 117 cm³/mol. The van der Waals surface area contributed by atoms with Crippen LogP contribution in [0.4, 0.5) is 11.4 Å². The van der Waals surface area contributed by atoms with Crippen molar-refractivity contribution in [3.8, 4) is 0 Å². The van der Waals surface area contributed by atoms with Crippen molar-refractivity contribution >= 4 is 35.0 Å². The molecule has 29 heavy (non-hydrogen) atoms. The zero-order chi connectivity index (χ0) is 20.1. The van der Waals surface area contributed by atoms with Gasteiger partial charge in [-0.2, -0.15) is 0 Å². The summed E-state index contributed by atoms with van der Waals surface area (Å²) in [6.07, 6.45) is 4.70. The fourth-order valence-electron chi connectivity index (χ4n) is 4.04. The molecule has 2 N–H and O–H groups in total. The molecule has 4 rings (SSSR count). The molecule has 1 aliphatic carbocycles. The topological polar surface area (TPSA) is 61.4 Å². The molecule has 0 atom stereocenters. The highest BCUT2D eigenvalue weighted by Gasteiger charge is 2.23. The van der Waals surface area contributed by atoms with Gasteiger partial charge in [-0.1, -0.05) is 48.9 Å². The second kappa shape index (κ2) is 9.35. The van der Waals surface area contributed by atoms with Crippen molar-refractivity contribution in [1.82, 2.24) is 10.6 Å². The van der Waals surface area contributed by atoms with Gasteiger partial charge >= 0.3 is 0 Å². The van der Waals surface area contributed by atoms with Gasteiger partial charge in [0.2, 0.25) is 11.8 Å². The second-order valence-corrected chi connectivity index (χ2v) is 8.65. The molecule has 152 valence electrons. The number of nitrogens with one attached hydrogen (secondary N) is 2. The lowest BCUT2D eigenvalue weighted by Crippen LogP contribution is -2.37. The lowest BCUT2D eigenvalue weighted by Gasteiger charge is -2.32. The fourth-order valence-corrected chi connectivity index (χ4v) is 5.14. The molecule has 0 radical (unpaired) electrons. The van der Waals surface area contributed by atoms with Gasteiger partial charge in [-0.05, 0) is 37.1 Å². The minimum absolute atomic E-state index is 0.00769. The van der Waals surface area contributed by atoms with E-state index in [1.54, 1.807) is 11.8 Å². The average molecular weight is 410 g/mol. The van der Waals surface area contributed by atoms with Gasteiger partial charge in [0.25, 0.3) is 0 Å². The first-order chi connectivity index (χ1) is 14.2. The summed E-state index contributed by atoms with van der Waals surface area (Å²) < 4.78 is 0. The van der Waals surface area contributed by atoms with Crippen LogP contribution in [-0.2, 0) is 9.59 Å². The smallest absolute Gasteiger partial charge is 0.223 e. The maximum atomic E-state index is 12.4. The Bertz CT molecular complexity index is 834. The summed E-state index contributed by atoms with van der Waals surface area (Å²) in [6.45, 7) is 1.59. The number of fused-ring (bicyclic) bond motifs is 2. The number of nitrogens with zero attached hydrogens (tertiary/aromatic N) is 1. The summed E-state index contributed by atoms with van der Waals surface area (Å²) in [7, 11) is 0. The molecule has 1 fully saturated rings. The third-order valence-electron chi connectivity index (χ3n) is 5.57. The average Bonchev–Trinajstić information content (AvgIpc) is 3.29. The van der Waals surface area contributed by atoms with Gasteiger partial charge in [-0.15, -0.1) is 0 Å². The normalized spacial score (nSPS) is 15.5. The third-order valence-corrected chi connectivity index (χ3v) is 6.70. The van der Waals surface area contributed by atoms with Crippen LogP contribution in [0.5, 0.6) is 0 Å². The summed E-state index contributed by atoms with van der Waals surface area (Å²) in [5, 5.41) is 5.88. The highest BCUT2D eigenvalue weighted by Crippen LogP contribution is 2.47. The second-order valence-electron chi connectivity index (χ2n) is 7.56. The van der Waals surface area contributed by atoms with Crippen LogP contribution in [-0.4, -0.2) is 31.4 Å². The van der Waals surface area contributed by atoms with Crippen molar-refractivity contribution in [1.29, 1.82) is 0 Å². The molecular weight excluding hydrogens is 382 g/mol. The Morgan fingerprint density at radius 2 is 1.48 bits per heavy atom. The Morgan fingerprint density at radius 3 is 2.14 bits per heavy atom. The quantitative estimate of drug-likeness (QED) is 0.676. The van der Waals surface area contributed by atoms with Crippen molar-refractivity contribution < 1.29 is 9.59 Å². The van der Waals surface area contributed by atoms with Crippen LogP contribution in [0, 0.1) is 5.92 Å². The van der Waals surface area contributed by atoms with Crippen LogP contribution in [0.2, 0.25) is 0 Å². The molecule has 0 bridgehead atoms. The minimum Gasteiger partial charge on any atom is -0.354 e. The number of para-hydroxylation sites is 2. The van der Waals surface area contributed by atoms with Crippen LogP contribution in [0.1, 0.15) is 32.1 Å². The Morgan fingerprint density at radius 1 is 0.897 bits per heavy atom. The van der Waals surface area contributed by atoms with E-state index >= 15 is 0 Å². The largest absolute Gasteiger partial charge is 0.354 e. The molecular formula is C23H27N3O2S. The van der Waals surface area contributed by atoms with E-state index in [-0.39, 0.29) is 17.7 Å². The molecule has 5 nitrogen and oxygen atoms in total. The summed E-state index contributed by atoms with van der Waals surface area (Å²) in [4.78, 5) is 29.0. The first-order valence-electron chi connectivity index (χ1n) is 10.4. The van der Waals surface area contributed by atoms with Gasteiger partial charge in [0.05, 0.1) is 11.4 Å². The first-order valence-corrected chi connectivity index (χ1v) is 11.2. The monoisotopic (exact) mass is 409 g/mol. The van der Waals surface area contributed by atoms with Crippen molar-refractivity contribution in [3.63, 3.8) is 0 Å². The van der Waals surface area contributed by atoms with Crippen LogP contribution in [0.25, 0.3) is 0 Å². The molecule has 1 saturated carbocycles. The molecule has 2 amide bonds. The maximum absolute atomic E-state index is 12.4. The number of amides is 2. The minimum atomic E-state index is 0.00769. The molecule has 0 unspecified atom stereocenters. The van der Waals surface area contributed by atoms with Crippen LogP contribution in [0.15, 0.2) is 58.3 Å². The lowest BCUT2D eigenvalue weighted by molar-refractivity contribution is -0.125. The molecule has 2 aromatic rings. The number of hydrogen-bond acceptors (Lipinski definition) is 4.